The Labute approximate surface area is 201 Å². The van der Waals surface area contributed by atoms with Gasteiger partial charge < -0.3 is 15.1 Å². The van der Waals surface area contributed by atoms with Crippen molar-refractivity contribution >= 4 is 38.9 Å². The van der Waals surface area contributed by atoms with Crippen molar-refractivity contribution in [3.05, 3.63) is 98.5 Å². The molecule has 1 amide bonds. The highest BCUT2D eigenvalue weighted by Crippen LogP contribution is 2.33. The van der Waals surface area contributed by atoms with Gasteiger partial charge in [0, 0.05) is 54.0 Å². The van der Waals surface area contributed by atoms with Gasteiger partial charge in [-0.3, -0.25) is 14.9 Å². The van der Waals surface area contributed by atoms with Crippen LogP contribution >= 0.6 is 15.9 Å². The number of anilines is 2. The van der Waals surface area contributed by atoms with Crippen LogP contribution in [0.15, 0.2) is 77.3 Å². The predicted octanol–water partition coefficient (Wildman–Crippen LogP) is 5.49. The van der Waals surface area contributed by atoms with Crippen molar-refractivity contribution in [2.24, 2.45) is 0 Å². The number of hydrogen-bond acceptors (Lipinski definition) is 5. The van der Waals surface area contributed by atoms with Gasteiger partial charge in [0.1, 0.15) is 5.69 Å². The molecule has 0 bridgehead atoms. The molecular formula is C25H25BrN4O3. The number of nitro groups is 1. The number of amides is 1. The fourth-order valence-corrected chi connectivity index (χ4v) is 4.26. The van der Waals surface area contributed by atoms with Gasteiger partial charge in [-0.15, -0.1) is 0 Å². The molecule has 0 aromatic heterocycles. The lowest BCUT2D eigenvalue weighted by molar-refractivity contribution is -0.384. The average Bonchev–Trinajstić information content (AvgIpc) is 2.84. The third kappa shape index (κ3) is 5.34. The second-order valence-corrected chi connectivity index (χ2v) is 8.94. The van der Waals surface area contributed by atoms with Crippen LogP contribution in [0, 0.1) is 10.1 Å². The zero-order valence-electron chi connectivity index (χ0n) is 18.3. The normalized spacial score (nSPS) is 14.6. The molecule has 1 atom stereocenters. The Hall–Kier alpha value is -3.39. The summed E-state index contributed by atoms with van der Waals surface area (Å²) < 4.78 is 0.938. The Morgan fingerprint density at radius 1 is 1.00 bits per heavy atom. The van der Waals surface area contributed by atoms with Gasteiger partial charge in [-0.1, -0.05) is 46.3 Å². The van der Waals surface area contributed by atoms with E-state index in [-0.39, 0.29) is 22.6 Å². The summed E-state index contributed by atoms with van der Waals surface area (Å²) in [4.78, 5) is 28.0. The molecule has 33 heavy (non-hydrogen) atoms. The Kier molecular flexibility index (Phi) is 6.93. The first-order chi connectivity index (χ1) is 15.9. The molecule has 4 rings (SSSR count). The van der Waals surface area contributed by atoms with Crippen molar-refractivity contribution in [1.29, 1.82) is 0 Å². The van der Waals surface area contributed by atoms with E-state index >= 15 is 0 Å². The molecule has 1 aliphatic rings. The third-order valence-corrected chi connectivity index (χ3v) is 6.40. The minimum Gasteiger partial charge on any atom is -0.373 e. The van der Waals surface area contributed by atoms with E-state index < -0.39 is 0 Å². The zero-order valence-corrected chi connectivity index (χ0v) is 19.9. The first-order valence-corrected chi connectivity index (χ1v) is 11.6. The number of benzene rings is 3. The van der Waals surface area contributed by atoms with Crippen LogP contribution in [0.3, 0.4) is 0 Å². The van der Waals surface area contributed by atoms with E-state index in [0.717, 1.165) is 15.7 Å². The summed E-state index contributed by atoms with van der Waals surface area (Å²) in [5, 5.41) is 14.9. The summed E-state index contributed by atoms with van der Waals surface area (Å²) in [6.45, 7) is 4.49. The van der Waals surface area contributed by atoms with Gasteiger partial charge >= 0.3 is 0 Å². The fraction of sp³-hybridized carbons (Fsp3) is 0.240. The summed E-state index contributed by atoms with van der Waals surface area (Å²) in [5.74, 6) is 0.0184. The summed E-state index contributed by atoms with van der Waals surface area (Å²) in [6.07, 6.45) is 0. The van der Waals surface area contributed by atoms with Crippen LogP contribution in [0.4, 0.5) is 17.1 Å². The summed E-state index contributed by atoms with van der Waals surface area (Å²) >= 11 is 3.39. The Morgan fingerprint density at radius 3 is 2.30 bits per heavy atom. The molecule has 3 aromatic rings. The third-order valence-electron chi connectivity index (χ3n) is 5.87. The molecule has 0 saturated carbocycles. The zero-order chi connectivity index (χ0) is 23.4. The average molecular weight is 509 g/mol. The monoisotopic (exact) mass is 508 g/mol. The first-order valence-electron chi connectivity index (χ1n) is 10.8. The molecular weight excluding hydrogens is 484 g/mol. The molecule has 0 aliphatic carbocycles. The molecule has 0 unspecified atom stereocenters. The molecule has 1 fully saturated rings. The predicted molar refractivity (Wildman–Crippen MR) is 134 cm³/mol. The van der Waals surface area contributed by atoms with Gasteiger partial charge in [-0.2, -0.15) is 0 Å². The van der Waals surface area contributed by atoms with Gasteiger partial charge in [0.25, 0.3) is 11.6 Å². The summed E-state index contributed by atoms with van der Waals surface area (Å²) in [5.41, 5.74) is 3.16. The second-order valence-electron chi connectivity index (χ2n) is 8.02. The highest BCUT2D eigenvalue weighted by atomic mass is 79.9. The fourth-order valence-electron chi connectivity index (χ4n) is 4.00. The lowest BCUT2D eigenvalue weighted by Crippen LogP contribution is -2.48. The number of nitrogens with one attached hydrogen (secondary N) is 1. The Bertz CT molecular complexity index is 1130. The molecule has 0 radical (unpaired) electrons. The lowest BCUT2D eigenvalue weighted by atomic mass is 10.1. The minimum absolute atomic E-state index is 0.0184. The first kappa shape index (κ1) is 22.8. The topological polar surface area (TPSA) is 78.7 Å². The van der Waals surface area contributed by atoms with E-state index in [1.54, 1.807) is 12.1 Å². The Balaban J connectivity index is 1.47. The lowest BCUT2D eigenvalue weighted by Gasteiger charge is -2.36. The smallest absolute Gasteiger partial charge is 0.292 e. The number of hydrogen-bond donors (Lipinski definition) is 1. The van der Waals surface area contributed by atoms with Crippen LogP contribution in [0.1, 0.15) is 28.9 Å². The number of nitro benzene ring substituents is 1. The SMILES string of the molecule is C[C@@H](Nc1cc(N2CCN(C(=O)c3ccc(Br)cc3)CC2)ccc1[N+](=O)[O-])c1ccccc1. The molecule has 1 N–H and O–H groups in total. The van der Waals surface area contributed by atoms with Crippen molar-refractivity contribution in [3.8, 4) is 0 Å². The highest BCUT2D eigenvalue weighted by Gasteiger charge is 2.24. The quantitative estimate of drug-likeness (QED) is 0.351. The van der Waals surface area contributed by atoms with Gasteiger partial charge in [0.05, 0.1) is 4.92 Å². The number of halogens is 1. The van der Waals surface area contributed by atoms with E-state index in [9.17, 15) is 14.9 Å². The van der Waals surface area contributed by atoms with Crippen LogP contribution < -0.4 is 10.2 Å². The molecule has 3 aromatic carbocycles. The largest absolute Gasteiger partial charge is 0.373 e. The van der Waals surface area contributed by atoms with Crippen LogP contribution in [0.25, 0.3) is 0 Å². The molecule has 1 aliphatic heterocycles. The van der Waals surface area contributed by atoms with Crippen molar-refractivity contribution in [1.82, 2.24) is 4.90 Å². The molecule has 170 valence electrons. The second kappa shape index (κ2) is 10.0. The van der Waals surface area contributed by atoms with Crippen LogP contribution in [-0.2, 0) is 0 Å². The van der Waals surface area contributed by atoms with E-state index in [2.05, 4.69) is 26.1 Å². The van der Waals surface area contributed by atoms with Crippen molar-refractivity contribution in [2.75, 3.05) is 36.4 Å². The van der Waals surface area contributed by atoms with E-state index in [0.29, 0.717) is 37.4 Å². The summed E-state index contributed by atoms with van der Waals surface area (Å²) in [7, 11) is 0. The molecule has 7 nitrogen and oxygen atoms in total. The van der Waals surface area contributed by atoms with Crippen molar-refractivity contribution in [3.63, 3.8) is 0 Å². The maximum atomic E-state index is 12.8. The number of carbonyl (C=O) groups excluding carboxylic acids is 1. The molecule has 1 saturated heterocycles. The van der Waals surface area contributed by atoms with Crippen molar-refractivity contribution < 1.29 is 9.72 Å². The number of nitrogens with zero attached hydrogens (tertiary/aromatic N) is 3. The maximum Gasteiger partial charge on any atom is 0.292 e. The minimum atomic E-state index is -0.362. The molecule has 8 heteroatoms. The highest BCUT2D eigenvalue weighted by molar-refractivity contribution is 9.10. The van der Waals surface area contributed by atoms with Gasteiger partial charge in [-0.05, 0) is 48.9 Å². The van der Waals surface area contributed by atoms with E-state index in [4.69, 9.17) is 0 Å². The number of rotatable bonds is 6. The van der Waals surface area contributed by atoms with Crippen LogP contribution in [0.5, 0.6) is 0 Å². The van der Waals surface area contributed by atoms with E-state index in [1.165, 1.54) is 0 Å². The van der Waals surface area contributed by atoms with Crippen LogP contribution in [-0.4, -0.2) is 41.9 Å². The number of piperazine rings is 1. The van der Waals surface area contributed by atoms with Gasteiger partial charge in [0.2, 0.25) is 0 Å². The van der Waals surface area contributed by atoms with E-state index in [1.807, 2.05) is 72.5 Å². The number of carbonyl (C=O) groups is 1. The van der Waals surface area contributed by atoms with Gasteiger partial charge in [-0.25, -0.2) is 0 Å². The Morgan fingerprint density at radius 2 is 1.67 bits per heavy atom. The van der Waals surface area contributed by atoms with Gasteiger partial charge in [0.15, 0.2) is 0 Å². The maximum absolute atomic E-state index is 12.8. The molecule has 1 heterocycles. The van der Waals surface area contributed by atoms with Crippen molar-refractivity contribution in [2.45, 2.75) is 13.0 Å². The standard InChI is InChI=1S/C25H25BrN4O3/c1-18(19-5-3-2-4-6-19)27-23-17-22(11-12-24(23)30(32)33)28-13-15-29(16-14-28)25(31)20-7-9-21(26)10-8-20/h2-12,17-18,27H,13-16H2,1H3/t18-/m1/s1. The molecule has 0 spiro atoms. The summed E-state index contributed by atoms with van der Waals surface area (Å²) in [6, 6.07) is 22.3. The van der Waals surface area contributed by atoms with Crippen LogP contribution in [0.2, 0.25) is 0 Å².